The van der Waals surface area contributed by atoms with E-state index in [1.807, 2.05) is 37.3 Å². The van der Waals surface area contributed by atoms with E-state index in [9.17, 15) is 0 Å². The summed E-state index contributed by atoms with van der Waals surface area (Å²) < 4.78 is 22.7. The number of methoxy groups -OCH3 is 2. The number of hydrogen-bond donors (Lipinski definition) is 0. The number of aryl methyl sites for hydroxylation is 1. The fourth-order valence-electron chi connectivity index (χ4n) is 3.34. The maximum Gasteiger partial charge on any atom is 0.200 e. The minimum Gasteiger partial charge on any atom is -0.493 e. The summed E-state index contributed by atoms with van der Waals surface area (Å²) in [6.45, 7) is 6.80. The SMILES string of the molecule is CCCCC1OCc2c(C)c(/C=C/c3ccc(OC)c(OC)c3)nc(C)c2O1. The van der Waals surface area contributed by atoms with Crippen molar-refractivity contribution in [2.75, 3.05) is 14.2 Å². The Morgan fingerprint density at radius 1 is 1.14 bits per heavy atom. The summed E-state index contributed by atoms with van der Waals surface area (Å²) in [6.07, 6.45) is 7.02. The lowest BCUT2D eigenvalue weighted by Gasteiger charge is -2.29. The van der Waals surface area contributed by atoms with E-state index in [2.05, 4.69) is 13.8 Å². The topological polar surface area (TPSA) is 49.8 Å². The van der Waals surface area contributed by atoms with Crippen LogP contribution in [-0.4, -0.2) is 25.5 Å². The van der Waals surface area contributed by atoms with Crippen molar-refractivity contribution >= 4 is 12.2 Å². The zero-order valence-corrected chi connectivity index (χ0v) is 17.4. The molecule has 1 atom stereocenters. The van der Waals surface area contributed by atoms with Gasteiger partial charge in [-0.1, -0.05) is 25.5 Å². The Kier molecular flexibility index (Phi) is 6.57. The number of rotatable bonds is 7. The molecule has 0 N–H and O–H groups in total. The molecule has 2 aromatic rings. The van der Waals surface area contributed by atoms with Gasteiger partial charge in [0.15, 0.2) is 17.8 Å². The van der Waals surface area contributed by atoms with Crippen LogP contribution in [0.3, 0.4) is 0 Å². The highest BCUT2D eigenvalue weighted by Crippen LogP contribution is 2.34. The summed E-state index contributed by atoms with van der Waals surface area (Å²) in [5, 5.41) is 0. The number of ether oxygens (including phenoxy) is 4. The van der Waals surface area contributed by atoms with Crippen LogP contribution in [0, 0.1) is 13.8 Å². The molecule has 0 spiro atoms. The maximum absolute atomic E-state index is 6.08. The van der Waals surface area contributed by atoms with Gasteiger partial charge in [0, 0.05) is 12.0 Å². The molecular weight excluding hydrogens is 354 g/mol. The molecule has 1 aliphatic heterocycles. The Bertz CT molecular complexity index is 860. The monoisotopic (exact) mass is 383 g/mol. The molecule has 5 heteroatoms. The Balaban J connectivity index is 1.84. The van der Waals surface area contributed by atoms with E-state index in [0.29, 0.717) is 18.1 Å². The molecule has 0 aliphatic carbocycles. The van der Waals surface area contributed by atoms with Crippen molar-refractivity contribution < 1.29 is 18.9 Å². The predicted molar refractivity (Wildman–Crippen MR) is 111 cm³/mol. The quantitative estimate of drug-likeness (QED) is 0.648. The van der Waals surface area contributed by atoms with Crippen molar-refractivity contribution in [2.45, 2.75) is 52.9 Å². The first-order valence-electron chi connectivity index (χ1n) is 9.75. The van der Waals surface area contributed by atoms with Crippen molar-refractivity contribution in [3.63, 3.8) is 0 Å². The fourth-order valence-corrected chi connectivity index (χ4v) is 3.34. The fraction of sp³-hybridized carbons (Fsp3) is 0.435. The molecule has 0 fully saturated rings. The summed E-state index contributed by atoms with van der Waals surface area (Å²) in [4.78, 5) is 4.77. The molecule has 1 aromatic heterocycles. The average Bonchev–Trinajstić information content (AvgIpc) is 2.73. The standard InChI is InChI=1S/C23H29NO4/c1-6-7-8-22-27-14-18-15(2)19(24-16(3)23(18)28-22)11-9-17-10-12-20(25-4)21(13-17)26-5/h9-13,22H,6-8,14H2,1-5H3/b11-9+. The van der Waals surface area contributed by atoms with E-state index >= 15 is 0 Å². The van der Waals surface area contributed by atoms with Gasteiger partial charge < -0.3 is 18.9 Å². The van der Waals surface area contributed by atoms with Gasteiger partial charge in [-0.2, -0.15) is 0 Å². The molecule has 1 aliphatic rings. The molecule has 3 rings (SSSR count). The average molecular weight is 383 g/mol. The van der Waals surface area contributed by atoms with Gasteiger partial charge in [-0.15, -0.1) is 0 Å². The lowest BCUT2D eigenvalue weighted by molar-refractivity contribution is -0.113. The zero-order valence-electron chi connectivity index (χ0n) is 17.4. The van der Waals surface area contributed by atoms with Gasteiger partial charge >= 0.3 is 0 Å². The Hall–Kier alpha value is -2.53. The van der Waals surface area contributed by atoms with Crippen LogP contribution < -0.4 is 14.2 Å². The highest BCUT2D eigenvalue weighted by atomic mass is 16.7. The molecular formula is C23H29NO4. The first kappa shape index (κ1) is 20.2. The van der Waals surface area contributed by atoms with Gasteiger partial charge in [0.2, 0.25) is 0 Å². The molecule has 5 nitrogen and oxygen atoms in total. The molecule has 2 heterocycles. The number of fused-ring (bicyclic) bond motifs is 1. The molecule has 0 saturated heterocycles. The summed E-state index contributed by atoms with van der Waals surface area (Å²) in [6, 6.07) is 5.83. The Labute approximate surface area is 167 Å². The normalized spacial score (nSPS) is 16.0. The van der Waals surface area contributed by atoms with Crippen molar-refractivity contribution in [3.8, 4) is 17.2 Å². The molecule has 0 saturated carbocycles. The zero-order chi connectivity index (χ0) is 20.1. The van der Waals surface area contributed by atoms with Gasteiger partial charge in [-0.25, -0.2) is 4.98 Å². The summed E-state index contributed by atoms with van der Waals surface area (Å²) in [5.74, 6) is 2.30. The van der Waals surface area contributed by atoms with E-state index in [-0.39, 0.29) is 6.29 Å². The third-order valence-electron chi connectivity index (χ3n) is 5.03. The number of pyridine rings is 1. The lowest BCUT2D eigenvalue weighted by atomic mass is 10.0. The molecule has 0 bridgehead atoms. The van der Waals surface area contributed by atoms with E-state index in [1.165, 1.54) is 0 Å². The van der Waals surface area contributed by atoms with Crippen molar-refractivity contribution in [1.82, 2.24) is 4.98 Å². The van der Waals surface area contributed by atoms with Crippen molar-refractivity contribution in [3.05, 3.63) is 46.3 Å². The second-order valence-corrected chi connectivity index (χ2v) is 6.96. The smallest absolute Gasteiger partial charge is 0.200 e. The predicted octanol–water partition coefficient (Wildman–Crippen LogP) is 5.31. The highest BCUT2D eigenvalue weighted by Gasteiger charge is 2.24. The summed E-state index contributed by atoms with van der Waals surface area (Å²) >= 11 is 0. The van der Waals surface area contributed by atoms with E-state index in [1.54, 1.807) is 14.2 Å². The second-order valence-electron chi connectivity index (χ2n) is 6.96. The van der Waals surface area contributed by atoms with Crippen LogP contribution in [0.1, 0.15) is 54.3 Å². The highest BCUT2D eigenvalue weighted by molar-refractivity contribution is 5.72. The van der Waals surface area contributed by atoms with Gasteiger partial charge in [0.05, 0.1) is 32.2 Å². The minimum atomic E-state index is -0.166. The first-order chi connectivity index (χ1) is 13.6. The minimum absolute atomic E-state index is 0.166. The molecule has 0 amide bonds. The third kappa shape index (κ3) is 4.30. The number of unbranched alkanes of at least 4 members (excludes halogenated alkanes) is 1. The van der Waals surface area contributed by atoms with Gasteiger partial charge in [-0.05, 0) is 49.6 Å². The van der Waals surface area contributed by atoms with E-state index < -0.39 is 0 Å². The Morgan fingerprint density at radius 3 is 2.64 bits per heavy atom. The summed E-state index contributed by atoms with van der Waals surface area (Å²) in [5.41, 5.74) is 5.02. The molecule has 0 radical (unpaired) electrons. The summed E-state index contributed by atoms with van der Waals surface area (Å²) in [7, 11) is 3.27. The van der Waals surface area contributed by atoms with Gasteiger partial charge in [0.25, 0.3) is 0 Å². The van der Waals surface area contributed by atoms with Gasteiger partial charge in [0.1, 0.15) is 5.75 Å². The van der Waals surface area contributed by atoms with E-state index in [0.717, 1.165) is 53.1 Å². The second kappa shape index (κ2) is 9.11. The number of hydrogen-bond acceptors (Lipinski definition) is 5. The Morgan fingerprint density at radius 2 is 1.93 bits per heavy atom. The van der Waals surface area contributed by atoms with Crippen LogP contribution in [0.15, 0.2) is 18.2 Å². The van der Waals surface area contributed by atoms with Crippen LogP contribution >= 0.6 is 0 Å². The van der Waals surface area contributed by atoms with Crippen molar-refractivity contribution in [1.29, 1.82) is 0 Å². The van der Waals surface area contributed by atoms with Crippen molar-refractivity contribution in [2.24, 2.45) is 0 Å². The van der Waals surface area contributed by atoms with Crippen LogP contribution in [0.4, 0.5) is 0 Å². The number of benzene rings is 1. The van der Waals surface area contributed by atoms with E-state index in [4.69, 9.17) is 23.9 Å². The van der Waals surface area contributed by atoms with Gasteiger partial charge in [-0.3, -0.25) is 0 Å². The van der Waals surface area contributed by atoms with Crippen LogP contribution in [0.25, 0.3) is 12.2 Å². The maximum atomic E-state index is 6.08. The first-order valence-corrected chi connectivity index (χ1v) is 9.75. The van der Waals surface area contributed by atoms with Crippen LogP contribution in [0.5, 0.6) is 17.2 Å². The molecule has 1 unspecified atom stereocenters. The molecule has 28 heavy (non-hydrogen) atoms. The van der Waals surface area contributed by atoms with Crippen LogP contribution in [0.2, 0.25) is 0 Å². The van der Waals surface area contributed by atoms with Crippen LogP contribution in [-0.2, 0) is 11.3 Å². The largest absolute Gasteiger partial charge is 0.493 e. The number of nitrogens with zero attached hydrogens (tertiary/aromatic N) is 1. The third-order valence-corrected chi connectivity index (χ3v) is 5.03. The number of aromatic nitrogens is 1. The molecule has 1 aromatic carbocycles. The lowest BCUT2D eigenvalue weighted by Crippen LogP contribution is -2.27. The molecule has 150 valence electrons.